The molecular formula is C17H26ClFN2O2. The zero-order valence-corrected chi connectivity index (χ0v) is 14.5. The van der Waals surface area contributed by atoms with Crippen LogP contribution in [0.2, 0.25) is 0 Å². The first-order chi connectivity index (χ1) is 10.6. The minimum Gasteiger partial charge on any atom is -0.492 e. The lowest BCUT2D eigenvalue weighted by atomic mass is 9.85. The first-order valence-electron chi connectivity index (χ1n) is 8.03. The molecule has 0 aromatic heterocycles. The van der Waals surface area contributed by atoms with Gasteiger partial charge >= 0.3 is 0 Å². The minimum absolute atomic E-state index is 0. The van der Waals surface area contributed by atoms with Crippen molar-refractivity contribution in [1.82, 2.24) is 5.32 Å². The third-order valence-electron chi connectivity index (χ3n) is 4.16. The summed E-state index contributed by atoms with van der Waals surface area (Å²) in [6, 6.07) is 4.17. The Kier molecular flexibility index (Phi) is 8.34. The van der Waals surface area contributed by atoms with Gasteiger partial charge in [-0.25, -0.2) is 4.39 Å². The van der Waals surface area contributed by atoms with Gasteiger partial charge in [-0.15, -0.1) is 12.4 Å². The maximum Gasteiger partial charge on any atom is 0.224 e. The van der Waals surface area contributed by atoms with Crippen molar-refractivity contribution in [2.75, 3.05) is 25.0 Å². The van der Waals surface area contributed by atoms with Crippen LogP contribution in [-0.4, -0.2) is 25.6 Å². The van der Waals surface area contributed by atoms with Crippen molar-refractivity contribution in [3.8, 4) is 5.75 Å². The Labute approximate surface area is 143 Å². The molecule has 0 aliphatic carbocycles. The Balaban J connectivity index is 0.00000264. The van der Waals surface area contributed by atoms with Crippen molar-refractivity contribution in [2.24, 2.45) is 11.8 Å². The summed E-state index contributed by atoms with van der Waals surface area (Å²) in [5, 5.41) is 6.22. The van der Waals surface area contributed by atoms with Gasteiger partial charge in [0.2, 0.25) is 5.91 Å². The molecule has 1 aromatic rings. The van der Waals surface area contributed by atoms with Crippen LogP contribution in [0.15, 0.2) is 18.2 Å². The Morgan fingerprint density at radius 1 is 1.52 bits per heavy atom. The summed E-state index contributed by atoms with van der Waals surface area (Å²) >= 11 is 0. The fraction of sp³-hybridized carbons (Fsp3) is 0.588. The fourth-order valence-electron chi connectivity index (χ4n) is 2.90. The molecule has 1 amide bonds. The second kappa shape index (κ2) is 9.73. The number of anilines is 1. The van der Waals surface area contributed by atoms with E-state index in [1.165, 1.54) is 25.0 Å². The van der Waals surface area contributed by atoms with E-state index in [0.29, 0.717) is 36.3 Å². The first-order valence-corrected chi connectivity index (χ1v) is 8.03. The van der Waals surface area contributed by atoms with Gasteiger partial charge in [0.05, 0.1) is 12.3 Å². The van der Waals surface area contributed by atoms with Crippen molar-refractivity contribution in [3.05, 3.63) is 24.0 Å². The van der Waals surface area contributed by atoms with E-state index in [-0.39, 0.29) is 24.1 Å². The largest absolute Gasteiger partial charge is 0.492 e. The van der Waals surface area contributed by atoms with Crippen LogP contribution in [0, 0.1) is 17.7 Å². The van der Waals surface area contributed by atoms with Crippen LogP contribution in [0.3, 0.4) is 0 Å². The summed E-state index contributed by atoms with van der Waals surface area (Å²) in [7, 11) is 0. The second-order valence-electron chi connectivity index (χ2n) is 5.91. The lowest BCUT2D eigenvalue weighted by Crippen LogP contribution is -2.34. The predicted molar refractivity (Wildman–Crippen MR) is 92.8 cm³/mol. The van der Waals surface area contributed by atoms with Crippen LogP contribution in [0.25, 0.3) is 0 Å². The SMILES string of the molecule is CCOc1cc(F)ccc1NC(=O)CC(C)C1CCCNC1.Cl. The van der Waals surface area contributed by atoms with E-state index in [2.05, 4.69) is 17.6 Å². The molecule has 1 heterocycles. The second-order valence-corrected chi connectivity index (χ2v) is 5.91. The number of piperidine rings is 1. The summed E-state index contributed by atoms with van der Waals surface area (Å²) in [5.74, 6) is 0.819. The van der Waals surface area contributed by atoms with Gasteiger partial charge in [0.25, 0.3) is 0 Å². The first kappa shape index (κ1) is 19.7. The number of carbonyl (C=O) groups excluding carboxylic acids is 1. The summed E-state index contributed by atoms with van der Waals surface area (Å²) in [6.07, 6.45) is 2.81. The monoisotopic (exact) mass is 344 g/mol. The van der Waals surface area contributed by atoms with Gasteiger partial charge in [0.1, 0.15) is 11.6 Å². The molecular weight excluding hydrogens is 319 g/mol. The smallest absolute Gasteiger partial charge is 0.224 e. The highest BCUT2D eigenvalue weighted by atomic mass is 35.5. The number of carbonyl (C=O) groups is 1. The molecule has 1 aliphatic rings. The fourth-order valence-corrected chi connectivity index (χ4v) is 2.90. The van der Waals surface area contributed by atoms with Gasteiger partial charge in [0.15, 0.2) is 0 Å². The van der Waals surface area contributed by atoms with Crippen LogP contribution in [-0.2, 0) is 4.79 Å². The number of benzene rings is 1. The lowest BCUT2D eigenvalue weighted by molar-refractivity contribution is -0.117. The molecule has 2 unspecified atom stereocenters. The van der Waals surface area contributed by atoms with Crippen LogP contribution in [0.4, 0.5) is 10.1 Å². The number of halogens is 2. The van der Waals surface area contributed by atoms with Gasteiger partial charge in [0, 0.05) is 12.5 Å². The van der Waals surface area contributed by atoms with Gasteiger partial charge in [-0.2, -0.15) is 0 Å². The molecule has 4 nitrogen and oxygen atoms in total. The van der Waals surface area contributed by atoms with Crippen molar-refractivity contribution in [2.45, 2.75) is 33.1 Å². The maximum atomic E-state index is 13.3. The maximum absolute atomic E-state index is 13.3. The van der Waals surface area contributed by atoms with E-state index >= 15 is 0 Å². The highest BCUT2D eigenvalue weighted by Gasteiger charge is 2.22. The molecule has 0 radical (unpaired) electrons. The summed E-state index contributed by atoms with van der Waals surface area (Å²) < 4.78 is 18.6. The summed E-state index contributed by atoms with van der Waals surface area (Å²) in [6.45, 7) is 6.42. The van der Waals surface area contributed by atoms with Gasteiger partial charge in [-0.05, 0) is 56.8 Å². The van der Waals surface area contributed by atoms with Crippen molar-refractivity contribution >= 4 is 24.0 Å². The Morgan fingerprint density at radius 2 is 2.30 bits per heavy atom. The van der Waals surface area contributed by atoms with Crippen LogP contribution in [0.1, 0.15) is 33.1 Å². The highest BCUT2D eigenvalue weighted by Crippen LogP contribution is 2.27. The van der Waals surface area contributed by atoms with Gasteiger partial charge in [-0.3, -0.25) is 4.79 Å². The normalized spacial score (nSPS) is 18.7. The zero-order valence-electron chi connectivity index (χ0n) is 13.7. The number of hydrogen-bond acceptors (Lipinski definition) is 3. The lowest BCUT2D eigenvalue weighted by Gasteiger charge is -2.28. The van der Waals surface area contributed by atoms with Crippen molar-refractivity contribution in [3.63, 3.8) is 0 Å². The molecule has 1 aliphatic heterocycles. The predicted octanol–water partition coefficient (Wildman–Crippen LogP) is 3.61. The van der Waals surface area contributed by atoms with E-state index in [1.807, 2.05) is 6.92 Å². The number of amides is 1. The molecule has 0 saturated carbocycles. The van der Waals surface area contributed by atoms with Gasteiger partial charge in [-0.1, -0.05) is 6.92 Å². The molecule has 130 valence electrons. The molecule has 0 bridgehead atoms. The number of rotatable bonds is 6. The van der Waals surface area contributed by atoms with Crippen molar-refractivity contribution in [1.29, 1.82) is 0 Å². The van der Waals surface area contributed by atoms with E-state index in [1.54, 1.807) is 6.07 Å². The molecule has 6 heteroatoms. The quantitative estimate of drug-likeness (QED) is 0.828. The van der Waals surface area contributed by atoms with Crippen LogP contribution in [0.5, 0.6) is 5.75 Å². The molecule has 1 fully saturated rings. The van der Waals surface area contributed by atoms with E-state index in [4.69, 9.17) is 4.74 Å². The van der Waals surface area contributed by atoms with E-state index in [9.17, 15) is 9.18 Å². The Hall–Kier alpha value is -1.33. The third-order valence-corrected chi connectivity index (χ3v) is 4.16. The van der Waals surface area contributed by atoms with Gasteiger partial charge < -0.3 is 15.4 Å². The number of nitrogens with one attached hydrogen (secondary N) is 2. The Bertz CT molecular complexity index is 507. The molecule has 0 spiro atoms. The standard InChI is InChI=1S/C17H25FN2O2.ClH/c1-3-22-16-10-14(18)6-7-15(16)20-17(21)9-12(2)13-5-4-8-19-11-13;/h6-7,10,12-13,19H,3-5,8-9,11H2,1-2H3,(H,20,21);1H. The molecule has 23 heavy (non-hydrogen) atoms. The zero-order chi connectivity index (χ0) is 15.9. The number of hydrogen-bond donors (Lipinski definition) is 2. The molecule has 2 N–H and O–H groups in total. The van der Waals surface area contributed by atoms with E-state index in [0.717, 1.165) is 13.1 Å². The average molecular weight is 345 g/mol. The summed E-state index contributed by atoms with van der Waals surface area (Å²) in [4.78, 5) is 12.2. The summed E-state index contributed by atoms with van der Waals surface area (Å²) in [5.41, 5.74) is 0.530. The number of ether oxygens (including phenoxy) is 1. The van der Waals surface area contributed by atoms with Crippen molar-refractivity contribution < 1.29 is 13.9 Å². The van der Waals surface area contributed by atoms with E-state index < -0.39 is 0 Å². The highest BCUT2D eigenvalue weighted by molar-refractivity contribution is 5.92. The Morgan fingerprint density at radius 3 is 2.96 bits per heavy atom. The third kappa shape index (κ3) is 5.99. The molecule has 2 rings (SSSR count). The topological polar surface area (TPSA) is 50.4 Å². The average Bonchev–Trinajstić information content (AvgIpc) is 2.51. The van der Waals surface area contributed by atoms with Crippen LogP contribution < -0.4 is 15.4 Å². The minimum atomic E-state index is -0.372. The molecule has 1 saturated heterocycles. The van der Waals surface area contributed by atoms with Crippen LogP contribution >= 0.6 is 12.4 Å². The molecule has 2 atom stereocenters. The molecule has 1 aromatic carbocycles.